The summed E-state index contributed by atoms with van der Waals surface area (Å²) in [6, 6.07) is 15.9. The summed E-state index contributed by atoms with van der Waals surface area (Å²) >= 11 is 7.78. The molecule has 1 unspecified atom stereocenters. The Morgan fingerprint density at radius 1 is 1.30 bits per heavy atom. The van der Waals surface area contributed by atoms with E-state index in [0.29, 0.717) is 15.5 Å². The number of rotatable bonds is 4. The van der Waals surface area contributed by atoms with Gasteiger partial charge in [-0.15, -0.1) is 11.3 Å². The van der Waals surface area contributed by atoms with E-state index in [-0.39, 0.29) is 21.5 Å². The van der Waals surface area contributed by atoms with E-state index in [1.807, 2.05) is 24.3 Å². The van der Waals surface area contributed by atoms with E-state index in [1.165, 1.54) is 34.6 Å². The molecule has 0 radical (unpaired) electrons. The number of thiocarbonyl (C=S) groups is 1. The number of quaternary nitrogens is 1. The highest BCUT2D eigenvalue weighted by Crippen LogP contribution is 2.35. The van der Waals surface area contributed by atoms with E-state index in [2.05, 4.69) is 11.1 Å². The topological polar surface area (TPSA) is 105 Å². The Labute approximate surface area is 184 Å². The van der Waals surface area contributed by atoms with Crippen molar-refractivity contribution in [1.82, 2.24) is 9.88 Å². The summed E-state index contributed by atoms with van der Waals surface area (Å²) in [7, 11) is 0. The van der Waals surface area contributed by atoms with Crippen molar-refractivity contribution in [3.63, 3.8) is 0 Å². The zero-order valence-corrected chi connectivity index (χ0v) is 17.6. The third-order valence-corrected chi connectivity index (χ3v) is 6.56. The highest BCUT2D eigenvalue weighted by Gasteiger charge is 2.31. The van der Waals surface area contributed by atoms with Crippen LogP contribution in [0.25, 0.3) is 21.9 Å². The van der Waals surface area contributed by atoms with Crippen molar-refractivity contribution in [2.75, 3.05) is 0 Å². The zero-order chi connectivity index (χ0) is 21.3. The van der Waals surface area contributed by atoms with Crippen molar-refractivity contribution in [1.29, 1.82) is 5.26 Å². The summed E-state index contributed by atoms with van der Waals surface area (Å²) in [5.41, 5.74) is 1.72. The third kappa shape index (κ3) is 4.03. The molecule has 1 aliphatic heterocycles. The van der Waals surface area contributed by atoms with Gasteiger partial charge in [0, 0.05) is 18.3 Å². The van der Waals surface area contributed by atoms with Gasteiger partial charge in [-0.25, -0.2) is 10.2 Å². The first kappa shape index (κ1) is 20.4. The van der Waals surface area contributed by atoms with Crippen molar-refractivity contribution < 1.29 is 15.2 Å². The number of benzene rings is 2. The molecule has 2 aromatic carbocycles. The molecular weight excluding hydrogens is 440 g/mol. The number of fused-ring (bicyclic) bond motifs is 1. The first-order valence-corrected chi connectivity index (χ1v) is 10.6. The fraction of sp³-hybridized carbons (Fsp3) is 0. The van der Waals surface area contributed by atoms with E-state index in [4.69, 9.17) is 17.4 Å². The van der Waals surface area contributed by atoms with Crippen LogP contribution in [-0.4, -0.2) is 25.3 Å². The number of carbonyl (C=O) groups is 1. The predicted molar refractivity (Wildman–Crippen MR) is 120 cm³/mol. The normalized spacial score (nSPS) is 17.0. The predicted octanol–water partition coefficient (Wildman–Crippen LogP) is 3.47. The van der Waals surface area contributed by atoms with Crippen LogP contribution in [0.5, 0.6) is 0 Å². The smallest absolute Gasteiger partial charge is 0.270 e. The molecule has 1 saturated heterocycles. The molecule has 3 aromatic rings. The average molecular weight is 453 g/mol. The number of carbonyl (C=O) groups excluding carboxylic acids is 1. The second-order valence-electron chi connectivity index (χ2n) is 6.12. The van der Waals surface area contributed by atoms with Crippen LogP contribution in [0.15, 0.2) is 59.6 Å². The number of allylic oxidation sites excluding steroid dienone is 1. The maximum absolute atomic E-state index is 12.9. The maximum atomic E-state index is 12.9. The molecule has 1 amide bonds. The minimum Gasteiger partial charge on any atom is -0.595 e. The summed E-state index contributed by atoms with van der Waals surface area (Å²) in [5.74, 6) is -0.375. The van der Waals surface area contributed by atoms with Crippen molar-refractivity contribution in [3.8, 4) is 6.07 Å². The van der Waals surface area contributed by atoms with Crippen LogP contribution in [0, 0.1) is 16.5 Å². The lowest BCUT2D eigenvalue weighted by Crippen LogP contribution is -2.99. The first-order chi connectivity index (χ1) is 14.5. The van der Waals surface area contributed by atoms with Crippen LogP contribution in [-0.2, 0) is 4.79 Å². The van der Waals surface area contributed by atoms with Gasteiger partial charge in [0.15, 0.2) is 10.0 Å². The summed E-state index contributed by atoms with van der Waals surface area (Å²) in [5, 5.41) is 29.3. The van der Waals surface area contributed by atoms with Gasteiger partial charge in [0.25, 0.3) is 5.91 Å². The largest absolute Gasteiger partial charge is 0.595 e. The summed E-state index contributed by atoms with van der Waals surface area (Å²) in [6.45, 7) is 0. The first-order valence-electron chi connectivity index (χ1n) is 8.54. The summed E-state index contributed by atoms with van der Waals surface area (Å²) in [4.78, 5) is 18.9. The Morgan fingerprint density at radius 2 is 2.10 bits per heavy atom. The molecule has 10 heteroatoms. The summed E-state index contributed by atoms with van der Waals surface area (Å²) < 4.78 is 1.23. The molecule has 2 heterocycles. The number of hydrogen-bond donors (Lipinski definition) is 2. The molecule has 1 aliphatic rings. The Morgan fingerprint density at radius 3 is 2.83 bits per heavy atom. The lowest BCUT2D eigenvalue weighted by Gasteiger charge is -2.11. The van der Waals surface area contributed by atoms with Gasteiger partial charge < -0.3 is 5.21 Å². The van der Waals surface area contributed by atoms with Crippen LogP contribution < -0.4 is 5.23 Å². The molecule has 0 bridgehead atoms. The van der Waals surface area contributed by atoms with Crippen molar-refractivity contribution >= 4 is 73.1 Å². The minimum absolute atomic E-state index is 0.127. The van der Waals surface area contributed by atoms with Crippen LogP contribution in [0.2, 0.25) is 0 Å². The minimum atomic E-state index is -1.05. The number of nitriles is 1. The molecule has 1 aromatic heterocycles. The number of hydrogen-bond acceptors (Lipinski definition) is 8. The highest BCUT2D eigenvalue weighted by atomic mass is 32.2. The number of aromatic nitrogens is 1. The van der Waals surface area contributed by atoms with E-state index < -0.39 is 5.23 Å². The Hall–Kier alpha value is -2.91. The monoisotopic (exact) mass is 452 g/mol. The number of thiazole rings is 1. The molecule has 1 fully saturated rings. The van der Waals surface area contributed by atoms with Crippen LogP contribution in [0.3, 0.4) is 0 Å². The SMILES string of the molecule is N#C/C(=C\N1C(=O)/C(=C/c2cccc([NH+]([O-])O)c2)SC1=S)c1nc2ccccc2s1. The second-order valence-corrected chi connectivity index (χ2v) is 8.83. The zero-order valence-electron chi connectivity index (χ0n) is 15.1. The maximum Gasteiger partial charge on any atom is 0.270 e. The summed E-state index contributed by atoms with van der Waals surface area (Å²) in [6.07, 6.45) is 2.99. The number of para-hydroxylation sites is 1. The van der Waals surface area contributed by atoms with Crippen molar-refractivity contribution in [2.45, 2.75) is 0 Å². The van der Waals surface area contributed by atoms with Crippen LogP contribution >= 0.6 is 35.3 Å². The lowest BCUT2D eigenvalue weighted by atomic mass is 10.2. The molecule has 0 aliphatic carbocycles. The number of nitrogens with zero attached hydrogens (tertiary/aromatic N) is 3. The number of amides is 1. The van der Waals surface area contributed by atoms with E-state index in [0.717, 1.165) is 22.0 Å². The average Bonchev–Trinajstić information content (AvgIpc) is 3.27. The Kier molecular flexibility index (Phi) is 5.74. The number of thioether (sulfide) groups is 1. The lowest BCUT2D eigenvalue weighted by molar-refractivity contribution is -0.991. The van der Waals surface area contributed by atoms with Crippen LogP contribution in [0.1, 0.15) is 10.6 Å². The van der Waals surface area contributed by atoms with E-state index in [1.54, 1.807) is 18.2 Å². The Bertz CT molecular complexity index is 1240. The fourth-order valence-corrected chi connectivity index (χ4v) is 4.89. The number of nitrogens with one attached hydrogen (secondary N) is 1. The van der Waals surface area contributed by atoms with Crippen LogP contribution in [0.4, 0.5) is 5.69 Å². The van der Waals surface area contributed by atoms with Crippen molar-refractivity contribution in [2.24, 2.45) is 0 Å². The molecule has 1 atom stereocenters. The molecule has 7 nitrogen and oxygen atoms in total. The molecular formula is C20H12N4O3S3. The molecule has 0 saturated carbocycles. The molecule has 0 spiro atoms. The van der Waals surface area contributed by atoms with Gasteiger partial charge in [-0.05, 0) is 23.8 Å². The standard InChI is InChI=1S/C20H12N4O3S3/c21-10-13(18-22-15-6-1-2-7-16(15)29-18)11-23-19(25)17(30-20(23)28)9-12-4-3-5-14(8-12)24(26)27/h1-9,11,24,26H/b13-11+,17-9-. The molecule has 30 heavy (non-hydrogen) atoms. The van der Waals surface area contributed by atoms with Gasteiger partial charge in [-0.3, -0.25) is 9.69 Å². The second kappa shape index (κ2) is 8.45. The Balaban J connectivity index is 1.65. The highest BCUT2D eigenvalue weighted by molar-refractivity contribution is 8.26. The van der Waals surface area contributed by atoms with E-state index in [9.17, 15) is 15.3 Å². The van der Waals surface area contributed by atoms with Gasteiger partial charge in [0.1, 0.15) is 16.6 Å². The van der Waals surface area contributed by atoms with Gasteiger partial charge in [0.2, 0.25) is 0 Å². The third-order valence-electron chi connectivity index (χ3n) is 4.16. The van der Waals surface area contributed by atoms with Crippen molar-refractivity contribution in [3.05, 3.63) is 75.4 Å². The molecule has 4 rings (SSSR count). The van der Waals surface area contributed by atoms with Gasteiger partial charge in [0.05, 0.1) is 15.1 Å². The molecule has 2 N–H and O–H groups in total. The van der Waals surface area contributed by atoms with E-state index >= 15 is 0 Å². The van der Waals surface area contributed by atoms with Gasteiger partial charge in [-0.2, -0.15) is 10.5 Å². The molecule has 148 valence electrons. The fourth-order valence-electron chi connectivity index (χ4n) is 2.75. The van der Waals surface area contributed by atoms with Gasteiger partial charge in [-0.1, -0.05) is 48.2 Å². The quantitative estimate of drug-likeness (QED) is 0.270. The van der Waals surface area contributed by atoms with Gasteiger partial charge >= 0.3 is 0 Å².